The second kappa shape index (κ2) is 3.79. The smallest absolute Gasteiger partial charge is 0.127 e. The Morgan fingerprint density at radius 3 is 2.50 bits per heavy atom. The normalized spacial score (nSPS) is 15.4. The molecule has 0 atom stereocenters. The minimum absolute atomic E-state index is 0.564. The maximum absolute atomic E-state index is 6.15. The molecule has 0 saturated heterocycles. The van der Waals surface area contributed by atoms with E-state index in [-0.39, 0.29) is 0 Å². The first kappa shape index (κ1) is 10.2. The largest absolute Gasteiger partial charge is 0.364 e. The highest BCUT2D eigenvalue weighted by Gasteiger charge is 2.30. The van der Waals surface area contributed by atoms with Crippen LogP contribution in [-0.4, -0.2) is 5.16 Å². The van der Waals surface area contributed by atoms with Crippen LogP contribution in [0.4, 0.5) is 0 Å². The Kier molecular flexibility index (Phi) is 2.41. The summed E-state index contributed by atoms with van der Waals surface area (Å²) in [6.07, 6.45) is 4.08. The average Bonchev–Trinajstić information content (AvgIpc) is 2.99. The molecule has 0 aliphatic heterocycles. The number of hydrogen-bond acceptors (Lipinski definition) is 2. The topological polar surface area (TPSA) is 26.0 Å². The Hall–Kier alpha value is -0.990. The summed E-state index contributed by atoms with van der Waals surface area (Å²) in [5.74, 6) is 0.564. The second-order valence-electron chi connectivity index (χ2n) is 3.99. The van der Waals surface area contributed by atoms with E-state index in [0.717, 1.165) is 16.8 Å². The molecule has 0 radical (unpaired) electrons. The van der Waals surface area contributed by atoms with Crippen molar-refractivity contribution in [1.29, 1.82) is 0 Å². The van der Waals surface area contributed by atoms with Crippen LogP contribution in [0.15, 0.2) is 29.0 Å². The van der Waals surface area contributed by atoms with E-state index < -0.39 is 0 Å². The molecule has 1 aromatic carbocycles. The molecule has 0 amide bonds. The molecule has 0 bridgehead atoms. The highest BCUT2D eigenvalue weighted by molar-refractivity contribution is 6.39. The van der Waals surface area contributed by atoms with Crippen molar-refractivity contribution in [1.82, 2.24) is 5.16 Å². The molecule has 3 rings (SSSR count). The van der Waals surface area contributed by atoms with Gasteiger partial charge in [-0.2, -0.15) is 0 Å². The Morgan fingerprint density at radius 2 is 1.88 bits per heavy atom. The molecule has 2 nitrogen and oxygen atoms in total. The van der Waals surface area contributed by atoms with Crippen molar-refractivity contribution in [2.24, 2.45) is 0 Å². The van der Waals surface area contributed by atoms with E-state index in [0.29, 0.717) is 16.0 Å². The standard InChI is InChI=1S/C12H9Cl2NO/c13-9-2-1-3-10(14)11(9)12-8(6-16-15-12)7-4-5-7/h1-3,6-7H,4-5H2. The van der Waals surface area contributed by atoms with Crippen molar-refractivity contribution in [2.45, 2.75) is 18.8 Å². The second-order valence-corrected chi connectivity index (χ2v) is 4.80. The summed E-state index contributed by atoms with van der Waals surface area (Å²) in [5, 5.41) is 5.25. The van der Waals surface area contributed by atoms with Crippen LogP contribution < -0.4 is 0 Å². The highest BCUT2D eigenvalue weighted by Crippen LogP contribution is 2.46. The van der Waals surface area contributed by atoms with Gasteiger partial charge in [0.1, 0.15) is 12.0 Å². The van der Waals surface area contributed by atoms with Gasteiger partial charge in [0.15, 0.2) is 0 Å². The van der Waals surface area contributed by atoms with Crippen LogP contribution in [-0.2, 0) is 0 Å². The van der Waals surface area contributed by atoms with E-state index in [4.69, 9.17) is 27.7 Å². The van der Waals surface area contributed by atoms with E-state index in [9.17, 15) is 0 Å². The van der Waals surface area contributed by atoms with Crippen LogP contribution >= 0.6 is 23.2 Å². The number of rotatable bonds is 2. The van der Waals surface area contributed by atoms with Crippen molar-refractivity contribution in [3.63, 3.8) is 0 Å². The maximum atomic E-state index is 6.15. The third kappa shape index (κ3) is 1.62. The van der Waals surface area contributed by atoms with Gasteiger partial charge in [0.2, 0.25) is 0 Å². The maximum Gasteiger partial charge on any atom is 0.127 e. The fourth-order valence-electron chi connectivity index (χ4n) is 1.84. The lowest BCUT2D eigenvalue weighted by atomic mass is 10.1. The lowest BCUT2D eigenvalue weighted by Crippen LogP contribution is -1.86. The summed E-state index contributed by atoms with van der Waals surface area (Å²) in [6.45, 7) is 0. The van der Waals surface area contributed by atoms with E-state index in [1.165, 1.54) is 12.8 Å². The molecule has 1 saturated carbocycles. The molecule has 1 aliphatic rings. The Labute approximate surface area is 103 Å². The van der Waals surface area contributed by atoms with Crippen molar-refractivity contribution in [3.8, 4) is 11.3 Å². The lowest BCUT2D eigenvalue weighted by molar-refractivity contribution is 0.421. The van der Waals surface area contributed by atoms with E-state index in [2.05, 4.69) is 5.16 Å². The quantitative estimate of drug-likeness (QED) is 0.787. The molecule has 1 aromatic heterocycles. The molecule has 82 valence electrons. The molecule has 2 aromatic rings. The van der Waals surface area contributed by atoms with Gasteiger partial charge < -0.3 is 4.52 Å². The monoisotopic (exact) mass is 253 g/mol. The number of halogens is 2. The average molecular weight is 254 g/mol. The number of benzene rings is 1. The zero-order valence-electron chi connectivity index (χ0n) is 8.41. The third-order valence-corrected chi connectivity index (χ3v) is 3.44. The predicted molar refractivity (Wildman–Crippen MR) is 63.9 cm³/mol. The Bertz CT molecular complexity index is 511. The van der Waals surface area contributed by atoms with Crippen LogP contribution in [0.5, 0.6) is 0 Å². The van der Waals surface area contributed by atoms with E-state index in [1.807, 2.05) is 18.2 Å². The van der Waals surface area contributed by atoms with Crippen LogP contribution in [0, 0.1) is 0 Å². The summed E-state index contributed by atoms with van der Waals surface area (Å²) in [5.41, 5.74) is 2.69. The van der Waals surface area contributed by atoms with Gasteiger partial charge in [0.05, 0.1) is 10.0 Å². The van der Waals surface area contributed by atoms with Crippen LogP contribution in [0.3, 0.4) is 0 Å². The summed E-state index contributed by atoms with van der Waals surface area (Å²) in [7, 11) is 0. The molecule has 0 unspecified atom stereocenters. The molecule has 1 aliphatic carbocycles. The van der Waals surface area contributed by atoms with Gasteiger partial charge in [-0.15, -0.1) is 0 Å². The lowest BCUT2D eigenvalue weighted by Gasteiger charge is -2.04. The first-order chi connectivity index (χ1) is 7.77. The summed E-state index contributed by atoms with van der Waals surface area (Å²) in [4.78, 5) is 0. The molecular weight excluding hydrogens is 245 g/mol. The van der Waals surface area contributed by atoms with Crippen molar-refractivity contribution < 1.29 is 4.52 Å². The fourth-order valence-corrected chi connectivity index (χ4v) is 2.42. The van der Waals surface area contributed by atoms with Crippen LogP contribution in [0.25, 0.3) is 11.3 Å². The van der Waals surface area contributed by atoms with Crippen molar-refractivity contribution in [3.05, 3.63) is 40.1 Å². The SMILES string of the molecule is Clc1cccc(Cl)c1-c1nocc1C1CC1. The minimum Gasteiger partial charge on any atom is -0.364 e. The van der Waals surface area contributed by atoms with Gasteiger partial charge >= 0.3 is 0 Å². The number of hydrogen-bond donors (Lipinski definition) is 0. The van der Waals surface area contributed by atoms with Gasteiger partial charge in [-0.1, -0.05) is 34.4 Å². The van der Waals surface area contributed by atoms with E-state index >= 15 is 0 Å². The predicted octanol–water partition coefficient (Wildman–Crippen LogP) is 4.53. The molecule has 16 heavy (non-hydrogen) atoms. The number of nitrogens with zero attached hydrogens (tertiary/aromatic N) is 1. The summed E-state index contributed by atoms with van der Waals surface area (Å²) in [6, 6.07) is 5.45. The van der Waals surface area contributed by atoms with Gasteiger partial charge in [0.25, 0.3) is 0 Å². The first-order valence-corrected chi connectivity index (χ1v) is 5.91. The zero-order chi connectivity index (χ0) is 11.1. The van der Waals surface area contributed by atoms with Crippen LogP contribution in [0.2, 0.25) is 10.0 Å². The van der Waals surface area contributed by atoms with Crippen molar-refractivity contribution >= 4 is 23.2 Å². The Morgan fingerprint density at radius 1 is 1.19 bits per heavy atom. The minimum atomic E-state index is 0.564. The summed E-state index contributed by atoms with van der Waals surface area (Å²) < 4.78 is 5.04. The molecule has 1 heterocycles. The van der Waals surface area contributed by atoms with Gasteiger partial charge in [-0.25, -0.2) is 0 Å². The molecule has 0 N–H and O–H groups in total. The van der Waals surface area contributed by atoms with Crippen molar-refractivity contribution in [2.75, 3.05) is 0 Å². The molecule has 0 spiro atoms. The first-order valence-electron chi connectivity index (χ1n) is 5.16. The zero-order valence-corrected chi connectivity index (χ0v) is 9.92. The van der Waals surface area contributed by atoms with E-state index in [1.54, 1.807) is 6.26 Å². The van der Waals surface area contributed by atoms with Gasteiger partial charge in [-0.3, -0.25) is 0 Å². The Balaban J connectivity index is 2.17. The number of aromatic nitrogens is 1. The fraction of sp³-hybridized carbons (Fsp3) is 0.250. The molecular formula is C12H9Cl2NO. The highest BCUT2D eigenvalue weighted by atomic mass is 35.5. The summed E-state index contributed by atoms with van der Waals surface area (Å²) >= 11 is 12.3. The van der Waals surface area contributed by atoms with Crippen LogP contribution in [0.1, 0.15) is 24.3 Å². The molecule has 1 fully saturated rings. The molecule has 4 heteroatoms. The van der Waals surface area contributed by atoms with Gasteiger partial charge in [-0.05, 0) is 30.9 Å². The third-order valence-electron chi connectivity index (χ3n) is 2.81. The van der Waals surface area contributed by atoms with Gasteiger partial charge in [0, 0.05) is 11.1 Å².